The van der Waals surface area contributed by atoms with Gasteiger partial charge in [0.25, 0.3) is 0 Å². The van der Waals surface area contributed by atoms with Crippen molar-refractivity contribution in [2.75, 3.05) is 25.6 Å². The molecule has 0 radical (unpaired) electrons. The number of anilines is 1. The van der Waals surface area contributed by atoms with Gasteiger partial charge in [0.1, 0.15) is 30.0 Å². The number of alkyl halides is 3. The Morgan fingerprint density at radius 1 is 1.06 bits per heavy atom. The van der Waals surface area contributed by atoms with E-state index in [1.807, 2.05) is 31.2 Å². The largest absolute Gasteiger partial charge is 0.508 e. The van der Waals surface area contributed by atoms with Crippen molar-refractivity contribution in [3.8, 4) is 17.2 Å². The summed E-state index contributed by atoms with van der Waals surface area (Å²) in [6.07, 6.45) is -5.18. The van der Waals surface area contributed by atoms with Crippen LogP contribution in [0.4, 0.5) is 18.9 Å². The lowest BCUT2D eigenvalue weighted by Crippen LogP contribution is -2.24. The predicted octanol–water partition coefficient (Wildman–Crippen LogP) is 6.29. The Kier molecular flexibility index (Phi) is 5.84. The van der Waals surface area contributed by atoms with Crippen LogP contribution in [0.5, 0.6) is 17.2 Å². The monoisotopic (exact) mass is 483 g/mol. The van der Waals surface area contributed by atoms with E-state index in [0.717, 1.165) is 40.1 Å². The zero-order chi connectivity index (χ0) is 24.7. The number of nitrogens with one attached hydrogen (secondary N) is 1. The molecule has 0 saturated carbocycles. The van der Waals surface area contributed by atoms with Crippen molar-refractivity contribution in [2.24, 2.45) is 0 Å². The van der Waals surface area contributed by atoms with Gasteiger partial charge in [0.05, 0.1) is 11.7 Å². The topological polar surface area (TPSA) is 60.0 Å². The van der Waals surface area contributed by atoms with Gasteiger partial charge in [-0.15, -0.1) is 0 Å². The lowest BCUT2D eigenvalue weighted by Gasteiger charge is -2.36. The molecule has 0 fully saturated rings. The van der Waals surface area contributed by atoms with Gasteiger partial charge in [-0.05, 0) is 54.5 Å². The normalized spacial score (nSPS) is 17.5. The first-order chi connectivity index (χ1) is 16.7. The Bertz CT molecular complexity index is 1280. The van der Waals surface area contributed by atoms with Gasteiger partial charge >= 0.3 is 6.18 Å². The van der Waals surface area contributed by atoms with Crippen molar-refractivity contribution < 1.29 is 32.5 Å². The maximum absolute atomic E-state index is 13.4. The third-order valence-electron chi connectivity index (χ3n) is 6.29. The van der Waals surface area contributed by atoms with E-state index in [0.29, 0.717) is 24.5 Å². The van der Waals surface area contributed by atoms with Crippen LogP contribution in [-0.4, -0.2) is 31.5 Å². The summed E-state index contributed by atoms with van der Waals surface area (Å²) in [5.74, 6) is 0.954. The van der Waals surface area contributed by atoms with Gasteiger partial charge in [0.2, 0.25) is 0 Å². The molecule has 35 heavy (non-hydrogen) atoms. The van der Waals surface area contributed by atoms with E-state index in [4.69, 9.17) is 14.2 Å². The zero-order valence-electron chi connectivity index (χ0n) is 19.1. The van der Waals surface area contributed by atoms with E-state index in [-0.39, 0.29) is 17.6 Å². The lowest BCUT2D eigenvalue weighted by atomic mass is 9.82. The van der Waals surface area contributed by atoms with Crippen molar-refractivity contribution >= 4 is 16.8 Å². The standard InChI is InChI=1S/C27H24F3NO4/c1-15(33-2)14-34-19-7-3-16(4-8-19)26-25-21-10-6-18(32)12-23(21)31-13-22(25)20-9-5-17(27(28,29)30)11-24(20)35-26/h3-12,15,26,31-32H,13-14H2,1-2H3/t15?,26-/m1/s1. The number of hydrogen-bond acceptors (Lipinski definition) is 5. The van der Waals surface area contributed by atoms with Crippen molar-refractivity contribution in [3.05, 3.63) is 82.9 Å². The second-order valence-corrected chi connectivity index (χ2v) is 8.61. The van der Waals surface area contributed by atoms with E-state index in [1.54, 1.807) is 25.3 Å². The number of fused-ring (bicyclic) bond motifs is 4. The van der Waals surface area contributed by atoms with Crippen LogP contribution < -0.4 is 14.8 Å². The van der Waals surface area contributed by atoms with Gasteiger partial charge in [0.15, 0.2) is 0 Å². The lowest BCUT2D eigenvalue weighted by molar-refractivity contribution is -0.137. The summed E-state index contributed by atoms with van der Waals surface area (Å²) in [6.45, 7) is 2.68. The first-order valence-electron chi connectivity index (χ1n) is 11.2. The number of halogens is 3. The zero-order valence-corrected chi connectivity index (χ0v) is 19.1. The quantitative estimate of drug-likeness (QED) is 0.446. The summed E-state index contributed by atoms with van der Waals surface area (Å²) in [6, 6.07) is 15.9. The molecule has 3 aromatic carbocycles. The van der Waals surface area contributed by atoms with Crippen molar-refractivity contribution in [1.29, 1.82) is 0 Å². The Morgan fingerprint density at radius 3 is 2.51 bits per heavy atom. The fourth-order valence-electron chi connectivity index (χ4n) is 4.38. The second kappa shape index (κ2) is 8.85. The molecule has 0 bridgehead atoms. The third-order valence-corrected chi connectivity index (χ3v) is 6.29. The Morgan fingerprint density at radius 2 is 1.80 bits per heavy atom. The van der Waals surface area contributed by atoms with Crippen LogP contribution in [0.3, 0.4) is 0 Å². The fourth-order valence-corrected chi connectivity index (χ4v) is 4.38. The fraction of sp³-hybridized carbons (Fsp3) is 0.259. The number of ether oxygens (including phenoxy) is 3. The van der Waals surface area contributed by atoms with Crippen LogP contribution in [0.1, 0.15) is 35.3 Å². The molecule has 0 spiro atoms. The Balaban J connectivity index is 1.58. The number of methoxy groups -OCH3 is 1. The summed E-state index contributed by atoms with van der Waals surface area (Å²) in [5.41, 5.74) is 3.90. The van der Waals surface area contributed by atoms with Crippen molar-refractivity contribution in [2.45, 2.75) is 25.3 Å². The summed E-state index contributed by atoms with van der Waals surface area (Å²) < 4.78 is 57.5. The number of benzene rings is 3. The van der Waals surface area contributed by atoms with Crippen molar-refractivity contribution in [3.63, 3.8) is 0 Å². The number of phenols is 1. The molecule has 2 aliphatic heterocycles. The molecule has 182 valence electrons. The number of phenolic OH excluding ortho intramolecular Hbond substituents is 1. The Labute approximate surface area is 200 Å². The average molecular weight is 483 g/mol. The molecule has 8 heteroatoms. The highest BCUT2D eigenvalue weighted by Gasteiger charge is 2.37. The maximum Gasteiger partial charge on any atom is 0.416 e. The highest BCUT2D eigenvalue weighted by atomic mass is 19.4. The van der Waals surface area contributed by atoms with Crippen LogP contribution >= 0.6 is 0 Å². The summed E-state index contributed by atoms with van der Waals surface area (Å²) in [5, 5.41) is 13.2. The SMILES string of the molecule is COC(C)COc1ccc([C@H]2Oc3cc(C(F)(F)F)ccc3C3=C2c2ccc(O)cc2NC3)cc1. The molecule has 2 heterocycles. The minimum absolute atomic E-state index is 0.0638. The molecule has 2 atom stereocenters. The molecule has 5 rings (SSSR count). The molecule has 5 nitrogen and oxygen atoms in total. The van der Waals surface area contributed by atoms with E-state index in [1.165, 1.54) is 6.07 Å². The van der Waals surface area contributed by atoms with E-state index >= 15 is 0 Å². The first kappa shape index (κ1) is 23.1. The molecular weight excluding hydrogens is 459 g/mol. The highest BCUT2D eigenvalue weighted by molar-refractivity contribution is 6.02. The molecule has 2 N–H and O–H groups in total. The van der Waals surface area contributed by atoms with Crippen LogP contribution in [-0.2, 0) is 10.9 Å². The van der Waals surface area contributed by atoms with Crippen LogP contribution in [0, 0.1) is 0 Å². The first-order valence-corrected chi connectivity index (χ1v) is 11.2. The molecule has 0 aliphatic carbocycles. The molecule has 0 aromatic heterocycles. The van der Waals surface area contributed by atoms with Gasteiger partial charge in [-0.3, -0.25) is 0 Å². The minimum atomic E-state index is -4.48. The number of rotatable bonds is 5. The number of aromatic hydroxyl groups is 1. The Hall–Kier alpha value is -3.65. The van der Waals surface area contributed by atoms with Gasteiger partial charge in [-0.25, -0.2) is 0 Å². The molecule has 0 saturated heterocycles. The molecular formula is C27H24F3NO4. The molecule has 2 aliphatic rings. The van der Waals surface area contributed by atoms with E-state index < -0.39 is 17.8 Å². The van der Waals surface area contributed by atoms with E-state index in [2.05, 4.69) is 5.32 Å². The average Bonchev–Trinajstić information content (AvgIpc) is 2.85. The predicted molar refractivity (Wildman–Crippen MR) is 127 cm³/mol. The van der Waals surface area contributed by atoms with Gasteiger partial charge < -0.3 is 24.6 Å². The van der Waals surface area contributed by atoms with E-state index in [9.17, 15) is 18.3 Å². The van der Waals surface area contributed by atoms with Gasteiger partial charge in [0, 0.05) is 42.1 Å². The molecule has 0 amide bonds. The smallest absolute Gasteiger partial charge is 0.416 e. The van der Waals surface area contributed by atoms with Crippen molar-refractivity contribution in [1.82, 2.24) is 0 Å². The minimum Gasteiger partial charge on any atom is -0.508 e. The number of hydrogen-bond donors (Lipinski definition) is 2. The van der Waals surface area contributed by atoms with Crippen LogP contribution in [0.2, 0.25) is 0 Å². The van der Waals surface area contributed by atoms with Crippen LogP contribution in [0.25, 0.3) is 11.1 Å². The summed E-state index contributed by atoms with van der Waals surface area (Å²) >= 11 is 0. The highest BCUT2D eigenvalue weighted by Crippen LogP contribution is 2.51. The summed E-state index contributed by atoms with van der Waals surface area (Å²) in [7, 11) is 1.61. The second-order valence-electron chi connectivity index (χ2n) is 8.61. The molecule has 1 unspecified atom stereocenters. The summed E-state index contributed by atoms with van der Waals surface area (Å²) in [4.78, 5) is 0. The third kappa shape index (κ3) is 4.41. The molecule has 3 aromatic rings. The van der Waals surface area contributed by atoms with Gasteiger partial charge in [-0.1, -0.05) is 18.2 Å². The maximum atomic E-state index is 13.4. The van der Waals surface area contributed by atoms with Gasteiger partial charge in [-0.2, -0.15) is 13.2 Å². The van der Waals surface area contributed by atoms with Crippen LogP contribution in [0.15, 0.2) is 60.7 Å².